The third-order valence-electron chi connectivity index (χ3n) is 3.72. The van der Waals surface area contributed by atoms with Gasteiger partial charge in [0.25, 0.3) is 0 Å². The summed E-state index contributed by atoms with van der Waals surface area (Å²) in [6.07, 6.45) is 0. The minimum Gasteiger partial charge on any atom is -0.198 e. The second-order valence-corrected chi connectivity index (χ2v) is 5.86. The van der Waals surface area contributed by atoms with Crippen molar-refractivity contribution >= 4 is 89.7 Å². The van der Waals surface area contributed by atoms with Crippen molar-refractivity contribution in [1.29, 1.82) is 0 Å². The highest BCUT2D eigenvalue weighted by molar-refractivity contribution is 6.68. The maximum absolute atomic E-state index is 6.15. The number of rotatable bonds is 2. The van der Waals surface area contributed by atoms with E-state index in [-0.39, 0.29) is 43.7 Å². The van der Waals surface area contributed by atoms with Crippen LogP contribution in [0.5, 0.6) is 0 Å². The van der Waals surface area contributed by atoms with E-state index in [4.69, 9.17) is 62.4 Å². The first kappa shape index (κ1) is 18.2. The molecule has 0 bridgehead atoms. The first-order valence-electron chi connectivity index (χ1n) is 6.99. The molecule has 1 aromatic heterocycles. The Balaban J connectivity index is 2.35. The maximum atomic E-state index is 6.15. The summed E-state index contributed by atoms with van der Waals surface area (Å²) in [5.74, 6) is 0.258. The Morgan fingerprint density at radius 1 is 0.600 bits per heavy atom. The molecule has 0 aliphatic rings. The second kappa shape index (κ2) is 6.93. The molecule has 108 valence electrons. The molecule has 10 heteroatoms. The van der Waals surface area contributed by atoms with Gasteiger partial charge < -0.3 is 0 Å². The lowest BCUT2D eigenvalue weighted by Gasteiger charge is -2.22. The third-order valence-corrected chi connectivity index (χ3v) is 4.06. The molecule has 0 saturated carbocycles. The molecule has 2 aromatic carbocycles. The summed E-state index contributed by atoms with van der Waals surface area (Å²) >= 11 is 11.8. The van der Waals surface area contributed by atoms with E-state index in [1.165, 1.54) is 0 Å². The standard InChI is InChI=1S/C15H4B5Cl2N3/c16-8-7(9(17)11(19)12(20)10(8)18)5-3-1-2-4-6(5)13-23-14(21)25-15(22)24-13/h1-4H. The van der Waals surface area contributed by atoms with Crippen molar-refractivity contribution in [2.45, 2.75) is 0 Å². The molecular formula is C15H4B5Cl2N3. The molecule has 0 aliphatic heterocycles. The lowest BCUT2D eigenvalue weighted by Crippen LogP contribution is -2.55. The quantitative estimate of drug-likeness (QED) is 0.527. The Kier molecular flexibility index (Phi) is 5.03. The zero-order valence-electron chi connectivity index (χ0n) is 12.8. The van der Waals surface area contributed by atoms with Crippen LogP contribution in [0.2, 0.25) is 10.6 Å². The summed E-state index contributed by atoms with van der Waals surface area (Å²) in [6.45, 7) is 0. The number of halogens is 2. The van der Waals surface area contributed by atoms with Gasteiger partial charge in [-0.1, -0.05) is 35.2 Å². The number of nitrogens with zero attached hydrogens (tertiary/aromatic N) is 3. The zero-order valence-corrected chi connectivity index (χ0v) is 14.3. The molecule has 0 atom stereocenters. The van der Waals surface area contributed by atoms with Gasteiger partial charge in [-0.05, 0) is 34.3 Å². The Bertz CT molecular complexity index is 948. The van der Waals surface area contributed by atoms with Crippen LogP contribution in [0.3, 0.4) is 0 Å². The first-order chi connectivity index (χ1) is 11.8. The van der Waals surface area contributed by atoms with Gasteiger partial charge in [0.15, 0.2) is 5.82 Å². The number of benzene rings is 2. The van der Waals surface area contributed by atoms with Crippen molar-refractivity contribution in [2.24, 2.45) is 0 Å². The Morgan fingerprint density at radius 3 is 1.56 bits per heavy atom. The van der Waals surface area contributed by atoms with Crippen LogP contribution in [-0.4, -0.2) is 54.2 Å². The van der Waals surface area contributed by atoms with Crippen molar-refractivity contribution in [3.8, 4) is 22.5 Å². The van der Waals surface area contributed by atoms with Crippen molar-refractivity contribution < 1.29 is 0 Å². The zero-order chi connectivity index (χ0) is 18.3. The van der Waals surface area contributed by atoms with Gasteiger partial charge >= 0.3 is 0 Å². The van der Waals surface area contributed by atoms with Crippen LogP contribution in [0.25, 0.3) is 22.5 Å². The van der Waals surface area contributed by atoms with Gasteiger partial charge in [-0.2, -0.15) is 15.0 Å². The second-order valence-electron chi connectivity index (χ2n) is 5.19. The summed E-state index contributed by atoms with van der Waals surface area (Å²) in [6, 6.07) is 7.13. The molecular weight excluding hydrogens is 347 g/mol. The molecule has 0 spiro atoms. The number of hydrogen-bond donors (Lipinski definition) is 0. The molecule has 0 amide bonds. The van der Waals surface area contributed by atoms with E-state index in [2.05, 4.69) is 15.0 Å². The van der Waals surface area contributed by atoms with Gasteiger partial charge in [0.1, 0.15) is 39.2 Å². The van der Waals surface area contributed by atoms with Crippen molar-refractivity contribution in [1.82, 2.24) is 15.0 Å². The summed E-state index contributed by atoms with van der Waals surface area (Å²) in [5.41, 5.74) is 2.50. The third kappa shape index (κ3) is 3.25. The highest BCUT2D eigenvalue weighted by atomic mass is 35.5. The van der Waals surface area contributed by atoms with Crippen molar-refractivity contribution in [3.05, 3.63) is 34.8 Å². The van der Waals surface area contributed by atoms with Gasteiger partial charge in [-0.15, -0.1) is 16.4 Å². The molecule has 3 rings (SSSR count). The minimum absolute atomic E-state index is 0.0397. The van der Waals surface area contributed by atoms with E-state index in [9.17, 15) is 0 Å². The normalized spacial score (nSPS) is 10.8. The van der Waals surface area contributed by atoms with E-state index < -0.39 is 0 Å². The number of aromatic nitrogens is 3. The molecule has 0 saturated heterocycles. The van der Waals surface area contributed by atoms with Gasteiger partial charge in [-0.3, -0.25) is 0 Å². The molecule has 1 heterocycles. The van der Waals surface area contributed by atoms with Crippen molar-refractivity contribution in [3.63, 3.8) is 0 Å². The maximum Gasteiger partial charge on any atom is 0.227 e. The van der Waals surface area contributed by atoms with Crippen molar-refractivity contribution in [2.75, 3.05) is 0 Å². The molecule has 0 fully saturated rings. The minimum atomic E-state index is -0.0397. The fraction of sp³-hybridized carbons (Fsp3) is 0. The van der Waals surface area contributed by atoms with Gasteiger partial charge in [0.2, 0.25) is 10.6 Å². The fourth-order valence-electron chi connectivity index (χ4n) is 2.48. The molecule has 25 heavy (non-hydrogen) atoms. The van der Waals surface area contributed by atoms with Crippen LogP contribution in [0, 0.1) is 0 Å². The smallest absolute Gasteiger partial charge is 0.198 e. The SMILES string of the molecule is [B]c1c([B])c([B])c(-c2ccccc2-c2nc(Cl)nc(Cl)n2)c([B])c1[B]. The fourth-order valence-corrected chi connectivity index (χ4v) is 2.85. The van der Waals surface area contributed by atoms with Crippen LogP contribution in [0.4, 0.5) is 0 Å². The number of hydrogen-bond acceptors (Lipinski definition) is 3. The summed E-state index contributed by atoms with van der Waals surface area (Å²) in [5, 5.41) is -0.0795. The van der Waals surface area contributed by atoms with Gasteiger partial charge in [-0.25, -0.2) is 0 Å². The average molecular weight is 351 g/mol. The Morgan fingerprint density at radius 2 is 1.04 bits per heavy atom. The highest BCUT2D eigenvalue weighted by Crippen LogP contribution is 2.28. The van der Waals surface area contributed by atoms with E-state index in [0.717, 1.165) is 0 Å². The summed E-state index contributed by atoms with van der Waals surface area (Å²) in [4.78, 5) is 11.9. The lowest BCUT2D eigenvalue weighted by molar-refractivity contribution is 1.06. The molecule has 0 aliphatic carbocycles. The van der Waals surface area contributed by atoms with Crippen LogP contribution in [-0.2, 0) is 0 Å². The van der Waals surface area contributed by atoms with Crippen LogP contribution in [0.15, 0.2) is 24.3 Å². The average Bonchev–Trinajstić information content (AvgIpc) is 2.58. The Labute approximate surface area is 162 Å². The molecule has 10 radical (unpaired) electrons. The van der Waals surface area contributed by atoms with E-state index in [1.807, 2.05) is 0 Å². The topological polar surface area (TPSA) is 38.7 Å². The predicted octanol–water partition coefficient (Wildman–Crippen LogP) is -1.52. The van der Waals surface area contributed by atoms with Crippen LogP contribution >= 0.6 is 23.2 Å². The molecule has 0 unspecified atom stereocenters. The van der Waals surface area contributed by atoms with E-state index in [0.29, 0.717) is 16.7 Å². The Hall–Kier alpha value is -1.65. The van der Waals surface area contributed by atoms with Crippen LogP contribution in [0.1, 0.15) is 0 Å². The molecule has 3 nitrogen and oxygen atoms in total. The molecule has 3 aromatic rings. The lowest BCUT2D eigenvalue weighted by atomic mass is 9.59. The first-order valence-corrected chi connectivity index (χ1v) is 7.75. The van der Waals surface area contributed by atoms with Gasteiger partial charge in [0.05, 0.1) is 0 Å². The summed E-state index contributed by atoms with van der Waals surface area (Å²) < 4.78 is 0. The monoisotopic (exact) mass is 351 g/mol. The summed E-state index contributed by atoms with van der Waals surface area (Å²) in [7, 11) is 30.0. The highest BCUT2D eigenvalue weighted by Gasteiger charge is 2.17. The van der Waals surface area contributed by atoms with E-state index >= 15 is 0 Å². The van der Waals surface area contributed by atoms with E-state index in [1.54, 1.807) is 24.3 Å². The molecule has 0 N–H and O–H groups in total. The van der Waals surface area contributed by atoms with Crippen LogP contribution < -0.4 is 27.3 Å². The predicted molar refractivity (Wildman–Crippen MR) is 108 cm³/mol. The largest absolute Gasteiger partial charge is 0.227 e. The van der Waals surface area contributed by atoms with Gasteiger partial charge in [0, 0.05) is 5.56 Å².